The van der Waals surface area contributed by atoms with Crippen LogP contribution in [0.4, 0.5) is 5.82 Å². The molecule has 25 heavy (non-hydrogen) atoms. The molecule has 1 heterocycles. The lowest BCUT2D eigenvalue weighted by molar-refractivity contribution is -0.137. The van der Waals surface area contributed by atoms with Gasteiger partial charge in [-0.25, -0.2) is 8.42 Å². The number of rotatable bonds is 9. The van der Waals surface area contributed by atoms with E-state index in [2.05, 4.69) is 10.4 Å². The van der Waals surface area contributed by atoms with Gasteiger partial charge in [-0.3, -0.25) is 14.3 Å². The van der Waals surface area contributed by atoms with Gasteiger partial charge < -0.3 is 10.4 Å². The summed E-state index contributed by atoms with van der Waals surface area (Å²) in [5, 5.41) is 14.8. The molecule has 0 spiro atoms. The molecule has 1 aromatic heterocycles. The molecule has 2 N–H and O–H groups in total. The summed E-state index contributed by atoms with van der Waals surface area (Å²) in [5.74, 6) is -2.36. The third-order valence-electron chi connectivity index (χ3n) is 3.32. The SMILES string of the molecule is O=C(O)Cn1ccc(NC(=O)CS(=O)(=O)CCCc2ccccc2)n1. The Hall–Kier alpha value is -2.68. The summed E-state index contributed by atoms with van der Waals surface area (Å²) in [6.45, 7) is -0.340. The van der Waals surface area contributed by atoms with Crippen LogP contribution in [-0.4, -0.2) is 46.7 Å². The van der Waals surface area contributed by atoms with Gasteiger partial charge >= 0.3 is 5.97 Å². The second-order valence-electron chi connectivity index (χ2n) is 5.52. The van der Waals surface area contributed by atoms with Gasteiger partial charge in [0.15, 0.2) is 15.7 Å². The molecule has 0 unspecified atom stereocenters. The summed E-state index contributed by atoms with van der Waals surface area (Å²) < 4.78 is 25.1. The van der Waals surface area contributed by atoms with Gasteiger partial charge in [0.2, 0.25) is 5.91 Å². The number of aryl methyl sites for hydroxylation is 1. The van der Waals surface area contributed by atoms with Gasteiger partial charge in [0.25, 0.3) is 0 Å². The van der Waals surface area contributed by atoms with Crippen LogP contribution in [0, 0.1) is 0 Å². The molecule has 1 aromatic carbocycles. The molecule has 2 aromatic rings. The van der Waals surface area contributed by atoms with E-state index in [9.17, 15) is 18.0 Å². The number of carbonyl (C=O) groups is 2. The zero-order valence-electron chi connectivity index (χ0n) is 13.5. The number of carbonyl (C=O) groups excluding carboxylic acids is 1. The second-order valence-corrected chi connectivity index (χ2v) is 7.71. The van der Waals surface area contributed by atoms with Gasteiger partial charge in [-0.2, -0.15) is 5.10 Å². The molecule has 0 aliphatic carbocycles. The third kappa shape index (κ3) is 6.76. The van der Waals surface area contributed by atoms with Crippen LogP contribution in [0.1, 0.15) is 12.0 Å². The highest BCUT2D eigenvalue weighted by Gasteiger charge is 2.17. The summed E-state index contributed by atoms with van der Waals surface area (Å²) in [6, 6.07) is 10.9. The van der Waals surface area contributed by atoms with Crippen molar-refractivity contribution in [2.45, 2.75) is 19.4 Å². The molecule has 8 nitrogen and oxygen atoms in total. The number of carboxylic acids is 1. The van der Waals surface area contributed by atoms with Crippen molar-refractivity contribution in [1.82, 2.24) is 9.78 Å². The number of nitrogens with zero attached hydrogens (tertiary/aromatic N) is 2. The van der Waals surface area contributed by atoms with Gasteiger partial charge in [0, 0.05) is 12.3 Å². The minimum absolute atomic E-state index is 0.0806. The Morgan fingerprint density at radius 2 is 1.88 bits per heavy atom. The number of hydrogen-bond acceptors (Lipinski definition) is 5. The topological polar surface area (TPSA) is 118 Å². The van der Waals surface area contributed by atoms with Gasteiger partial charge in [-0.15, -0.1) is 0 Å². The van der Waals surface area contributed by atoms with Crippen LogP contribution >= 0.6 is 0 Å². The van der Waals surface area contributed by atoms with Crippen LogP contribution in [0.5, 0.6) is 0 Å². The molecule has 0 fully saturated rings. The number of aromatic nitrogens is 2. The molecule has 0 aliphatic heterocycles. The largest absolute Gasteiger partial charge is 0.480 e. The summed E-state index contributed by atoms with van der Waals surface area (Å²) in [6.07, 6.45) is 2.45. The maximum Gasteiger partial charge on any atom is 0.325 e. The van der Waals surface area contributed by atoms with E-state index in [0.29, 0.717) is 12.8 Å². The number of benzene rings is 1. The number of amides is 1. The first kappa shape index (κ1) is 18.7. The van der Waals surface area contributed by atoms with E-state index < -0.39 is 27.5 Å². The standard InChI is InChI=1S/C16H19N3O5S/c20-15(17-14-8-9-19(18-14)11-16(21)22)12-25(23,24)10-4-7-13-5-2-1-3-6-13/h1-3,5-6,8-9H,4,7,10-12H2,(H,21,22)(H,17,18,20). The fourth-order valence-electron chi connectivity index (χ4n) is 2.25. The Bertz CT molecular complexity index is 830. The molecule has 0 saturated carbocycles. The number of aliphatic carboxylic acids is 1. The predicted octanol–water partition coefficient (Wildman–Crippen LogP) is 0.954. The van der Waals surface area contributed by atoms with E-state index in [1.54, 1.807) is 0 Å². The minimum Gasteiger partial charge on any atom is -0.480 e. The van der Waals surface area contributed by atoms with E-state index >= 15 is 0 Å². The molecule has 2 rings (SSSR count). The van der Waals surface area contributed by atoms with E-state index in [4.69, 9.17) is 5.11 Å². The average molecular weight is 365 g/mol. The lowest BCUT2D eigenvalue weighted by atomic mass is 10.1. The number of nitrogens with one attached hydrogen (secondary N) is 1. The van der Waals surface area contributed by atoms with E-state index in [0.717, 1.165) is 10.2 Å². The van der Waals surface area contributed by atoms with Gasteiger partial charge in [0.05, 0.1) is 5.75 Å². The zero-order valence-corrected chi connectivity index (χ0v) is 14.3. The van der Waals surface area contributed by atoms with Gasteiger partial charge in [-0.05, 0) is 18.4 Å². The van der Waals surface area contributed by atoms with Gasteiger partial charge in [0.1, 0.15) is 12.3 Å². The van der Waals surface area contributed by atoms with Crippen molar-refractivity contribution in [3.63, 3.8) is 0 Å². The van der Waals surface area contributed by atoms with Crippen LogP contribution in [-0.2, 0) is 32.4 Å². The molecule has 9 heteroatoms. The molecule has 0 saturated heterocycles. The fourth-order valence-corrected chi connectivity index (χ4v) is 3.45. The average Bonchev–Trinajstić information content (AvgIpc) is 2.93. The molecular formula is C16H19N3O5S. The Morgan fingerprint density at radius 3 is 2.56 bits per heavy atom. The molecule has 0 bridgehead atoms. The smallest absolute Gasteiger partial charge is 0.325 e. The molecule has 0 radical (unpaired) electrons. The first-order valence-electron chi connectivity index (χ1n) is 7.63. The van der Waals surface area contributed by atoms with Gasteiger partial charge in [-0.1, -0.05) is 30.3 Å². The zero-order chi connectivity index (χ0) is 18.3. The molecular weight excluding hydrogens is 346 g/mol. The summed E-state index contributed by atoms with van der Waals surface area (Å²) in [4.78, 5) is 22.4. The van der Waals surface area contributed by atoms with Crippen molar-refractivity contribution in [1.29, 1.82) is 0 Å². The number of carboxylic acid groups (broad SMARTS) is 1. The summed E-state index contributed by atoms with van der Waals surface area (Å²) in [7, 11) is -3.52. The monoisotopic (exact) mass is 365 g/mol. The lowest BCUT2D eigenvalue weighted by Crippen LogP contribution is -2.25. The molecule has 1 amide bonds. The fraction of sp³-hybridized carbons (Fsp3) is 0.312. The second kappa shape index (κ2) is 8.43. The van der Waals surface area contributed by atoms with Crippen molar-refractivity contribution < 1.29 is 23.1 Å². The van der Waals surface area contributed by atoms with Crippen LogP contribution in [0.25, 0.3) is 0 Å². The van der Waals surface area contributed by atoms with Crippen molar-refractivity contribution in [3.05, 3.63) is 48.2 Å². The number of hydrogen-bond donors (Lipinski definition) is 2. The molecule has 0 atom stereocenters. The lowest BCUT2D eigenvalue weighted by Gasteiger charge is -2.05. The van der Waals surface area contributed by atoms with Crippen molar-refractivity contribution in [2.24, 2.45) is 0 Å². The van der Waals surface area contributed by atoms with Crippen molar-refractivity contribution in [3.8, 4) is 0 Å². The Labute approximate surface area is 145 Å². The quantitative estimate of drug-likeness (QED) is 0.683. The Balaban J connectivity index is 1.80. The van der Waals surface area contributed by atoms with Crippen LogP contribution in [0.2, 0.25) is 0 Å². The van der Waals surface area contributed by atoms with Crippen LogP contribution in [0.3, 0.4) is 0 Å². The maximum absolute atomic E-state index is 12.0. The van der Waals surface area contributed by atoms with E-state index in [-0.39, 0.29) is 18.1 Å². The van der Waals surface area contributed by atoms with E-state index in [1.807, 2.05) is 30.3 Å². The van der Waals surface area contributed by atoms with Crippen molar-refractivity contribution in [2.75, 3.05) is 16.8 Å². The highest BCUT2D eigenvalue weighted by atomic mass is 32.2. The Kier molecular flexibility index (Phi) is 6.29. The van der Waals surface area contributed by atoms with Crippen LogP contribution < -0.4 is 5.32 Å². The predicted molar refractivity (Wildman–Crippen MR) is 91.9 cm³/mol. The van der Waals surface area contributed by atoms with Crippen molar-refractivity contribution >= 4 is 27.5 Å². The Morgan fingerprint density at radius 1 is 1.16 bits per heavy atom. The first-order valence-corrected chi connectivity index (χ1v) is 9.46. The van der Waals surface area contributed by atoms with Crippen LogP contribution in [0.15, 0.2) is 42.6 Å². The third-order valence-corrected chi connectivity index (χ3v) is 4.93. The molecule has 0 aliphatic rings. The summed E-state index contributed by atoms with van der Waals surface area (Å²) >= 11 is 0. The first-order chi connectivity index (χ1) is 11.8. The minimum atomic E-state index is -3.52. The highest BCUT2D eigenvalue weighted by molar-refractivity contribution is 7.92. The number of sulfone groups is 1. The highest BCUT2D eigenvalue weighted by Crippen LogP contribution is 2.06. The number of anilines is 1. The molecule has 134 valence electrons. The normalized spacial score (nSPS) is 11.2. The maximum atomic E-state index is 12.0. The summed E-state index contributed by atoms with van der Waals surface area (Å²) in [5.41, 5.74) is 1.05. The van der Waals surface area contributed by atoms with E-state index in [1.165, 1.54) is 12.3 Å².